The molecule has 0 radical (unpaired) electrons. The minimum atomic E-state index is 0.169. The highest BCUT2D eigenvalue weighted by atomic mass is 16.5. The van der Waals surface area contributed by atoms with Crippen molar-refractivity contribution < 1.29 is 9.47 Å². The van der Waals surface area contributed by atoms with E-state index in [0.717, 1.165) is 12.4 Å². The number of likely N-dealkylation sites (N-methyl/N-ethyl adjacent to an activating group) is 1. The molecule has 1 aliphatic rings. The zero-order valence-electron chi connectivity index (χ0n) is 6.46. The van der Waals surface area contributed by atoms with Crippen molar-refractivity contribution in [3.63, 3.8) is 0 Å². The quantitative estimate of drug-likeness (QED) is 0.559. The van der Waals surface area contributed by atoms with E-state index in [2.05, 4.69) is 6.58 Å². The standard InChI is InChI=1S/C7H13NO2/c1-6-8(2)4-7(10-6)5-9-3/h7H,1,4-5H2,2-3H3. The summed E-state index contributed by atoms with van der Waals surface area (Å²) in [7, 11) is 3.63. The number of nitrogens with zero attached hydrogens (tertiary/aromatic N) is 1. The van der Waals surface area contributed by atoms with E-state index in [1.165, 1.54) is 0 Å². The summed E-state index contributed by atoms with van der Waals surface area (Å²) in [6.45, 7) is 5.24. The predicted molar refractivity (Wildman–Crippen MR) is 38.5 cm³/mol. The van der Waals surface area contributed by atoms with Gasteiger partial charge >= 0.3 is 0 Å². The zero-order valence-corrected chi connectivity index (χ0v) is 6.46. The van der Waals surface area contributed by atoms with E-state index in [-0.39, 0.29) is 6.10 Å². The zero-order chi connectivity index (χ0) is 7.56. The predicted octanol–water partition coefficient (Wildman–Crippen LogP) is 0.435. The van der Waals surface area contributed by atoms with Crippen molar-refractivity contribution in [2.75, 3.05) is 27.3 Å². The van der Waals surface area contributed by atoms with Crippen molar-refractivity contribution in [3.8, 4) is 0 Å². The van der Waals surface area contributed by atoms with Crippen LogP contribution in [0, 0.1) is 0 Å². The van der Waals surface area contributed by atoms with Gasteiger partial charge in [-0.3, -0.25) is 0 Å². The molecule has 1 fully saturated rings. The highest BCUT2D eigenvalue weighted by Gasteiger charge is 2.22. The molecule has 0 saturated carbocycles. The molecule has 0 N–H and O–H groups in total. The maximum Gasteiger partial charge on any atom is 0.182 e. The minimum absolute atomic E-state index is 0.169. The van der Waals surface area contributed by atoms with Gasteiger partial charge in [0.1, 0.15) is 6.10 Å². The lowest BCUT2D eigenvalue weighted by atomic mass is 10.4. The SMILES string of the molecule is C=C1OC(COC)CN1C. The van der Waals surface area contributed by atoms with Gasteiger partial charge in [-0.15, -0.1) is 0 Å². The maximum atomic E-state index is 5.32. The maximum absolute atomic E-state index is 5.32. The summed E-state index contributed by atoms with van der Waals surface area (Å²) >= 11 is 0. The Labute approximate surface area is 61.2 Å². The van der Waals surface area contributed by atoms with E-state index in [9.17, 15) is 0 Å². The monoisotopic (exact) mass is 143 g/mol. The molecular weight excluding hydrogens is 130 g/mol. The third-order valence-electron chi connectivity index (χ3n) is 1.56. The van der Waals surface area contributed by atoms with Crippen LogP contribution in [0.1, 0.15) is 0 Å². The van der Waals surface area contributed by atoms with Crippen LogP contribution in [-0.2, 0) is 9.47 Å². The molecule has 1 atom stereocenters. The molecule has 0 aromatic heterocycles. The van der Waals surface area contributed by atoms with Crippen LogP contribution in [0.15, 0.2) is 12.5 Å². The van der Waals surface area contributed by atoms with Gasteiger partial charge in [0.25, 0.3) is 0 Å². The number of ether oxygens (including phenoxy) is 2. The molecule has 1 aliphatic heterocycles. The normalized spacial score (nSPS) is 25.2. The summed E-state index contributed by atoms with van der Waals surface area (Å²) in [4.78, 5) is 1.98. The number of methoxy groups -OCH3 is 1. The van der Waals surface area contributed by atoms with E-state index in [1.54, 1.807) is 7.11 Å². The summed E-state index contributed by atoms with van der Waals surface area (Å²) in [6, 6.07) is 0. The van der Waals surface area contributed by atoms with Crippen LogP contribution in [0.25, 0.3) is 0 Å². The Bertz CT molecular complexity index is 136. The van der Waals surface area contributed by atoms with E-state index < -0.39 is 0 Å². The minimum Gasteiger partial charge on any atom is -0.472 e. The molecular formula is C7H13NO2. The molecule has 0 amide bonds. The molecule has 1 rings (SSSR count). The highest BCUT2D eigenvalue weighted by Crippen LogP contribution is 2.14. The first-order valence-corrected chi connectivity index (χ1v) is 3.29. The van der Waals surface area contributed by atoms with Crippen molar-refractivity contribution in [2.45, 2.75) is 6.10 Å². The highest BCUT2D eigenvalue weighted by molar-refractivity contribution is 4.90. The van der Waals surface area contributed by atoms with Crippen molar-refractivity contribution in [1.29, 1.82) is 0 Å². The lowest BCUT2D eigenvalue weighted by Crippen LogP contribution is -2.20. The van der Waals surface area contributed by atoms with Crippen molar-refractivity contribution in [2.24, 2.45) is 0 Å². The van der Waals surface area contributed by atoms with E-state index in [1.807, 2.05) is 11.9 Å². The van der Waals surface area contributed by atoms with Gasteiger partial charge in [-0.05, 0) is 6.58 Å². The molecule has 0 spiro atoms. The molecule has 1 saturated heterocycles. The summed E-state index contributed by atoms with van der Waals surface area (Å²) in [5, 5.41) is 0. The Morgan fingerprint density at radius 3 is 3.00 bits per heavy atom. The first-order chi connectivity index (χ1) is 4.74. The third-order valence-corrected chi connectivity index (χ3v) is 1.56. The second kappa shape index (κ2) is 2.92. The molecule has 3 nitrogen and oxygen atoms in total. The van der Waals surface area contributed by atoms with Crippen LogP contribution in [0.2, 0.25) is 0 Å². The smallest absolute Gasteiger partial charge is 0.182 e. The van der Waals surface area contributed by atoms with Crippen LogP contribution in [-0.4, -0.2) is 38.3 Å². The van der Waals surface area contributed by atoms with Crippen molar-refractivity contribution in [1.82, 2.24) is 4.90 Å². The molecule has 58 valence electrons. The van der Waals surface area contributed by atoms with E-state index in [4.69, 9.17) is 9.47 Å². The Kier molecular flexibility index (Phi) is 2.17. The number of hydrogen-bond donors (Lipinski definition) is 0. The second-order valence-electron chi connectivity index (χ2n) is 2.47. The van der Waals surface area contributed by atoms with Crippen LogP contribution < -0.4 is 0 Å². The second-order valence-corrected chi connectivity index (χ2v) is 2.47. The molecule has 0 aliphatic carbocycles. The van der Waals surface area contributed by atoms with Crippen LogP contribution in [0.3, 0.4) is 0 Å². The lowest BCUT2D eigenvalue weighted by molar-refractivity contribution is 0.0692. The van der Waals surface area contributed by atoms with Gasteiger partial charge < -0.3 is 14.4 Å². The van der Waals surface area contributed by atoms with Crippen LogP contribution >= 0.6 is 0 Å². The molecule has 1 unspecified atom stereocenters. The first-order valence-electron chi connectivity index (χ1n) is 3.29. The molecule has 0 bridgehead atoms. The topological polar surface area (TPSA) is 21.7 Å². The Balaban J connectivity index is 2.34. The Hall–Kier alpha value is -0.700. The molecule has 0 aromatic rings. The molecule has 0 aromatic carbocycles. The fraction of sp³-hybridized carbons (Fsp3) is 0.714. The average Bonchev–Trinajstić information content (AvgIpc) is 2.14. The van der Waals surface area contributed by atoms with Gasteiger partial charge in [0.15, 0.2) is 5.88 Å². The Morgan fingerprint density at radius 2 is 2.60 bits per heavy atom. The average molecular weight is 143 g/mol. The summed E-state index contributed by atoms with van der Waals surface area (Å²) < 4.78 is 10.3. The molecule has 1 heterocycles. The van der Waals surface area contributed by atoms with Gasteiger partial charge in [0, 0.05) is 14.2 Å². The van der Waals surface area contributed by atoms with Gasteiger partial charge in [-0.25, -0.2) is 0 Å². The summed E-state index contributed by atoms with van der Waals surface area (Å²) in [6.07, 6.45) is 0.169. The fourth-order valence-electron chi connectivity index (χ4n) is 1.000. The van der Waals surface area contributed by atoms with E-state index >= 15 is 0 Å². The molecule has 10 heavy (non-hydrogen) atoms. The van der Waals surface area contributed by atoms with E-state index in [0.29, 0.717) is 6.61 Å². The fourth-order valence-corrected chi connectivity index (χ4v) is 1.000. The van der Waals surface area contributed by atoms with Crippen molar-refractivity contribution >= 4 is 0 Å². The van der Waals surface area contributed by atoms with Crippen LogP contribution in [0.5, 0.6) is 0 Å². The third kappa shape index (κ3) is 1.42. The number of hydrogen-bond acceptors (Lipinski definition) is 3. The van der Waals surface area contributed by atoms with Crippen LogP contribution in [0.4, 0.5) is 0 Å². The molecule has 3 heteroatoms. The number of rotatable bonds is 2. The van der Waals surface area contributed by atoms with Gasteiger partial charge in [0.2, 0.25) is 0 Å². The summed E-state index contributed by atoms with van der Waals surface area (Å²) in [5.74, 6) is 0.738. The Morgan fingerprint density at radius 1 is 1.90 bits per heavy atom. The van der Waals surface area contributed by atoms with Crippen molar-refractivity contribution in [3.05, 3.63) is 12.5 Å². The van der Waals surface area contributed by atoms with Gasteiger partial charge in [-0.1, -0.05) is 0 Å². The lowest BCUT2D eigenvalue weighted by Gasteiger charge is -2.05. The van der Waals surface area contributed by atoms with Gasteiger partial charge in [-0.2, -0.15) is 0 Å². The van der Waals surface area contributed by atoms with Gasteiger partial charge in [0.05, 0.1) is 13.2 Å². The largest absolute Gasteiger partial charge is 0.472 e. The summed E-state index contributed by atoms with van der Waals surface area (Å²) in [5.41, 5.74) is 0. The first kappa shape index (κ1) is 7.41.